The molecule has 1 saturated heterocycles. The van der Waals surface area contributed by atoms with Crippen LogP contribution in [-0.4, -0.2) is 83.1 Å². The van der Waals surface area contributed by atoms with E-state index in [1.165, 1.54) is 23.9 Å². The first-order valence-electron chi connectivity index (χ1n) is 14.5. The number of methoxy groups -OCH3 is 1. The van der Waals surface area contributed by atoms with Crippen molar-refractivity contribution in [3.05, 3.63) is 58.8 Å². The third-order valence-electron chi connectivity index (χ3n) is 8.08. The van der Waals surface area contributed by atoms with Crippen molar-refractivity contribution >= 4 is 39.4 Å². The van der Waals surface area contributed by atoms with Gasteiger partial charge in [-0.25, -0.2) is 37.0 Å². The molecule has 5 rings (SSSR count). The van der Waals surface area contributed by atoms with Crippen molar-refractivity contribution in [3.8, 4) is 16.9 Å². The molecule has 2 unspecified atom stereocenters. The van der Waals surface area contributed by atoms with Crippen LogP contribution in [0, 0.1) is 6.57 Å². The number of sulfonamides is 1. The first-order chi connectivity index (χ1) is 21.1. The van der Waals surface area contributed by atoms with E-state index in [4.69, 9.17) is 22.9 Å². The van der Waals surface area contributed by atoms with Gasteiger partial charge in [0, 0.05) is 55.7 Å². The molecule has 0 bridgehead atoms. The third-order valence-corrected chi connectivity index (χ3v) is 9.69. The monoisotopic (exact) mass is 641 g/mol. The minimum Gasteiger partial charge on any atom is -0.453 e. The van der Waals surface area contributed by atoms with Gasteiger partial charge in [-0.3, -0.25) is 0 Å². The number of anilines is 1. The number of hydrogen-bond acceptors (Lipinski definition) is 9. The molecule has 3 heterocycles. The van der Waals surface area contributed by atoms with Gasteiger partial charge in [0.1, 0.15) is 0 Å². The van der Waals surface area contributed by atoms with Crippen molar-refractivity contribution in [2.45, 2.75) is 63.2 Å². The second-order valence-corrected chi connectivity index (χ2v) is 13.5. The van der Waals surface area contributed by atoms with E-state index >= 15 is 0 Å². The van der Waals surface area contributed by atoms with Crippen molar-refractivity contribution < 1.29 is 17.9 Å². The zero-order valence-corrected chi connectivity index (χ0v) is 26.2. The van der Waals surface area contributed by atoms with E-state index in [0.717, 1.165) is 31.2 Å². The predicted octanol–water partition coefficient (Wildman–Crippen LogP) is 4.13. The number of amides is 1. The van der Waals surface area contributed by atoms with Gasteiger partial charge in [0.2, 0.25) is 21.7 Å². The normalized spacial score (nSPS) is 19.7. The molecule has 0 spiro atoms. The molecule has 15 heteroatoms. The van der Waals surface area contributed by atoms with Gasteiger partial charge in [-0.1, -0.05) is 30.5 Å². The molecule has 1 amide bonds. The number of benzene rings is 1. The van der Waals surface area contributed by atoms with Crippen molar-refractivity contribution in [1.82, 2.24) is 34.7 Å². The Kier molecular flexibility index (Phi) is 10.00. The molecule has 44 heavy (non-hydrogen) atoms. The topological polar surface area (TPSA) is 148 Å². The molecule has 1 aromatic carbocycles. The number of halogens is 1. The van der Waals surface area contributed by atoms with Crippen LogP contribution in [0.4, 0.5) is 16.4 Å². The van der Waals surface area contributed by atoms with Crippen LogP contribution in [0.25, 0.3) is 21.8 Å². The van der Waals surface area contributed by atoms with Gasteiger partial charge >= 0.3 is 6.09 Å². The molecule has 2 fully saturated rings. The Morgan fingerprint density at radius 2 is 1.91 bits per heavy atom. The molecule has 2 atom stereocenters. The summed E-state index contributed by atoms with van der Waals surface area (Å²) in [6, 6.07) is 5.93. The van der Waals surface area contributed by atoms with E-state index in [9.17, 15) is 13.2 Å². The molecule has 2 aliphatic rings. The summed E-state index contributed by atoms with van der Waals surface area (Å²) in [4.78, 5) is 24.3. The van der Waals surface area contributed by atoms with E-state index in [0.29, 0.717) is 60.4 Å². The van der Waals surface area contributed by atoms with Gasteiger partial charge in [-0.15, -0.1) is 0 Å². The van der Waals surface area contributed by atoms with Crippen molar-refractivity contribution in [2.75, 3.05) is 31.8 Å². The van der Waals surface area contributed by atoms with E-state index < -0.39 is 16.1 Å². The fourth-order valence-corrected chi connectivity index (χ4v) is 6.85. The lowest BCUT2D eigenvalue weighted by atomic mass is 9.90. The highest BCUT2D eigenvalue weighted by molar-refractivity contribution is 7.88. The number of carbonyl (C=O) groups excluding carboxylic acids is 1. The van der Waals surface area contributed by atoms with Gasteiger partial charge in [0.05, 0.1) is 42.5 Å². The summed E-state index contributed by atoms with van der Waals surface area (Å²) in [5, 5.41) is 14.8. The maximum Gasteiger partial charge on any atom is 0.407 e. The molecule has 1 aliphatic heterocycles. The maximum absolute atomic E-state index is 11.8. The fourth-order valence-electron chi connectivity index (χ4n) is 5.68. The first-order valence-corrected chi connectivity index (χ1v) is 16.7. The lowest BCUT2D eigenvalue weighted by Gasteiger charge is -2.32. The van der Waals surface area contributed by atoms with E-state index in [1.54, 1.807) is 17.1 Å². The quantitative estimate of drug-likeness (QED) is 0.293. The van der Waals surface area contributed by atoms with Gasteiger partial charge in [-0.2, -0.15) is 5.10 Å². The average molecular weight is 642 g/mol. The maximum atomic E-state index is 11.8. The van der Waals surface area contributed by atoms with Crippen LogP contribution in [-0.2, 0) is 21.3 Å². The second kappa shape index (κ2) is 13.9. The minimum absolute atomic E-state index is 0.0132. The molecule has 3 N–H and O–H groups in total. The molecule has 2 aromatic heterocycles. The molecule has 13 nitrogen and oxygen atoms in total. The van der Waals surface area contributed by atoms with E-state index in [-0.39, 0.29) is 23.8 Å². The smallest absolute Gasteiger partial charge is 0.407 e. The number of rotatable bonds is 9. The molecule has 3 aromatic rings. The summed E-state index contributed by atoms with van der Waals surface area (Å²) in [5.41, 5.74) is 3.04. The van der Waals surface area contributed by atoms with Crippen molar-refractivity contribution in [2.24, 2.45) is 0 Å². The number of hydrogen-bond donors (Lipinski definition) is 3. The Morgan fingerprint density at radius 1 is 1.16 bits per heavy atom. The number of carbonyl (C=O) groups is 1. The lowest BCUT2D eigenvalue weighted by Crippen LogP contribution is -2.51. The van der Waals surface area contributed by atoms with Gasteiger partial charge in [-0.05, 0) is 43.4 Å². The van der Waals surface area contributed by atoms with Crippen LogP contribution in [0.1, 0.15) is 44.1 Å². The highest BCUT2D eigenvalue weighted by atomic mass is 35.5. The summed E-state index contributed by atoms with van der Waals surface area (Å²) in [7, 11) is -1.84. The second-order valence-electron chi connectivity index (χ2n) is 11.1. The van der Waals surface area contributed by atoms with E-state index in [2.05, 4.69) is 35.9 Å². The standard InChI is InChI=1S/C29H36ClN9O4S/c1-31-25-17-33-28(35-21-10-12-38(13-11-21)44(3,41)42)37-27(25)20-16-34-39(18-20)26-9-8-19(14-22(26)30)15-32-23-6-4-5-7-24(23)36-29(40)43-2/h8-9,14,16-18,21,23-24,32H,4-7,10-13,15H2,2-3H3,(H,36,40)(H,33,35,37). The van der Waals surface area contributed by atoms with E-state index in [1.807, 2.05) is 18.2 Å². The number of piperidine rings is 1. The van der Waals surface area contributed by atoms with Crippen LogP contribution >= 0.6 is 11.6 Å². The number of alkyl carbamates (subject to hydrolysis) is 1. The Morgan fingerprint density at radius 3 is 2.59 bits per heavy atom. The minimum atomic E-state index is -3.21. The molecule has 1 aliphatic carbocycles. The Balaban J connectivity index is 1.26. The molecular weight excluding hydrogens is 606 g/mol. The van der Waals surface area contributed by atoms with Crippen LogP contribution in [0.3, 0.4) is 0 Å². The van der Waals surface area contributed by atoms with Gasteiger partial charge in [0.15, 0.2) is 0 Å². The molecule has 0 radical (unpaired) electrons. The number of aromatic nitrogens is 4. The first kappa shape index (κ1) is 31.6. The average Bonchev–Trinajstić information content (AvgIpc) is 3.50. The molecule has 1 saturated carbocycles. The zero-order valence-electron chi connectivity index (χ0n) is 24.7. The Hall–Kier alpha value is -3.77. The SMILES string of the molecule is [C-]#[N+]c1cnc(NC2CCN(S(C)(=O)=O)CC2)nc1-c1cnn(-c2ccc(CNC3CCCCC3NC(=O)OC)cc2Cl)c1. The van der Waals surface area contributed by atoms with Crippen molar-refractivity contribution in [3.63, 3.8) is 0 Å². The lowest BCUT2D eigenvalue weighted by molar-refractivity contribution is 0.158. The number of nitrogens with one attached hydrogen (secondary N) is 3. The Labute approximate surface area is 262 Å². The summed E-state index contributed by atoms with van der Waals surface area (Å²) in [6.07, 6.45) is 11.0. The largest absolute Gasteiger partial charge is 0.453 e. The van der Waals surface area contributed by atoms with Crippen LogP contribution in [0.2, 0.25) is 5.02 Å². The third kappa shape index (κ3) is 7.65. The predicted molar refractivity (Wildman–Crippen MR) is 167 cm³/mol. The molecular formula is C29H36ClN9O4S. The number of ether oxygens (including phenoxy) is 1. The highest BCUT2D eigenvalue weighted by Gasteiger charge is 2.27. The summed E-state index contributed by atoms with van der Waals surface area (Å²) in [6.45, 7) is 9.07. The number of nitrogens with zero attached hydrogens (tertiary/aromatic N) is 6. The highest BCUT2D eigenvalue weighted by Crippen LogP contribution is 2.31. The van der Waals surface area contributed by atoms with Crippen LogP contribution in [0.5, 0.6) is 0 Å². The molecule has 234 valence electrons. The Bertz CT molecular complexity index is 1630. The summed E-state index contributed by atoms with van der Waals surface area (Å²) >= 11 is 6.70. The fraction of sp³-hybridized carbons (Fsp3) is 0.483. The van der Waals surface area contributed by atoms with Gasteiger partial charge < -0.3 is 20.7 Å². The zero-order chi connectivity index (χ0) is 31.3. The summed E-state index contributed by atoms with van der Waals surface area (Å²) < 4.78 is 31.5. The van der Waals surface area contributed by atoms with Gasteiger partial charge in [0.25, 0.3) is 0 Å². The van der Waals surface area contributed by atoms with Crippen molar-refractivity contribution in [1.29, 1.82) is 0 Å². The van der Waals surface area contributed by atoms with Crippen LogP contribution < -0.4 is 16.0 Å². The summed E-state index contributed by atoms with van der Waals surface area (Å²) in [5.74, 6) is 0.370. The van der Waals surface area contributed by atoms with Crippen LogP contribution in [0.15, 0.2) is 36.8 Å².